The van der Waals surface area contributed by atoms with E-state index >= 15 is 0 Å². The molecule has 2 rings (SSSR count). The standard InChI is InChI=1S/C13H15F3N2O3/c14-13(15,16)10-5-4-8(12(21)18-10)11(20)17-9-3-1-2-7(9)6-19/h4-5,7,9,19H,1-3,6H2,(H,17,20)(H,18,21). The Hall–Kier alpha value is -1.83. The summed E-state index contributed by atoms with van der Waals surface area (Å²) in [5.41, 5.74) is -2.65. The highest BCUT2D eigenvalue weighted by atomic mass is 19.4. The Bertz CT molecular complexity index is 583. The van der Waals surface area contributed by atoms with E-state index in [1.165, 1.54) is 0 Å². The van der Waals surface area contributed by atoms with E-state index in [2.05, 4.69) is 5.32 Å². The van der Waals surface area contributed by atoms with E-state index in [1.54, 1.807) is 4.98 Å². The summed E-state index contributed by atoms with van der Waals surface area (Å²) in [6, 6.07) is 1.26. The Morgan fingerprint density at radius 3 is 2.67 bits per heavy atom. The van der Waals surface area contributed by atoms with Gasteiger partial charge < -0.3 is 15.4 Å². The number of amides is 1. The number of aromatic amines is 1. The zero-order valence-electron chi connectivity index (χ0n) is 11.0. The molecule has 1 heterocycles. The number of H-pyrrole nitrogens is 1. The second kappa shape index (κ2) is 5.88. The summed E-state index contributed by atoms with van der Waals surface area (Å²) < 4.78 is 37.3. The number of aliphatic hydroxyl groups is 1. The lowest BCUT2D eigenvalue weighted by molar-refractivity contribution is -0.141. The van der Waals surface area contributed by atoms with Crippen LogP contribution in [0.15, 0.2) is 16.9 Å². The number of halogens is 3. The number of rotatable bonds is 3. The van der Waals surface area contributed by atoms with Gasteiger partial charge >= 0.3 is 6.18 Å². The number of pyridine rings is 1. The maximum absolute atomic E-state index is 12.4. The Morgan fingerprint density at radius 2 is 2.10 bits per heavy atom. The molecule has 1 aromatic rings. The Balaban J connectivity index is 2.15. The lowest BCUT2D eigenvalue weighted by Crippen LogP contribution is -2.40. The Kier molecular flexibility index (Phi) is 4.36. The second-order valence-electron chi connectivity index (χ2n) is 5.07. The van der Waals surface area contributed by atoms with Gasteiger partial charge in [-0.1, -0.05) is 6.42 Å². The van der Waals surface area contributed by atoms with Gasteiger partial charge in [-0.15, -0.1) is 0 Å². The molecule has 0 radical (unpaired) electrons. The van der Waals surface area contributed by atoms with Gasteiger partial charge in [0, 0.05) is 18.6 Å². The van der Waals surface area contributed by atoms with Crippen molar-refractivity contribution < 1.29 is 23.1 Å². The molecule has 1 aromatic heterocycles. The van der Waals surface area contributed by atoms with Crippen molar-refractivity contribution in [2.24, 2.45) is 5.92 Å². The number of carbonyl (C=O) groups is 1. The SMILES string of the molecule is O=C(NC1CCCC1CO)c1ccc(C(F)(F)F)[nH]c1=O. The summed E-state index contributed by atoms with van der Waals surface area (Å²) in [5.74, 6) is -0.808. The third-order valence-electron chi connectivity index (χ3n) is 3.67. The van der Waals surface area contributed by atoms with Crippen LogP contribution >= 0.6 is 0 Å². The first kappa shape index (κ1) is 15.6. The van der Waals surface area contributed by atoms with Crippen molar-refractivity contribution in [2.75, 3.05) is 6.61 Å². The zero-order chi connectivity index (χ0) is 15.6. The molecule has 0 bridgehead atoms. The predicted octanol–water partition coefficient (Wildman–Crippen LogP) is 1.28. The minimum absolute atomic E-state index is 0.0751. The van der Waals surface area contributed by atoms with Crippen LogP contribution in [0.3, 0.4) is 0 Å². The van der Waals surface area contributed by atoms with Gasteiger partial charge in [-0.2, -0.15) is 13.2 Å². The van der Waals surface area contributed by atoms with E-state index in [9.17, 15) is 22.8 Å². The smallest absolute Gasteiger partial charge is 0.396 e. The average Bonchev–Trinajstić information content (AvgIpc) is 2.84. The highest BCUT2D eigenvalue weighted by Crippen LogP contribution is 2.27. The van der Waals surface area contributed by atoms with Crippen LogP contribution in [-0.4, -0.2) is 28.6 Å². The molecule has 1 amide bonds. The normalized spacial score (nSPS) is 22.3. The molecule has 0 spiro atoms. The second-order valence-corrected chi connectivity index (χ2v) is 5.07. The lowest BCUT2D eigenvalue weighted by atomic mass is 10.0. The topological polar surface area (TPSA) is 82.2 Å². The van der Waals surface area contributed by atoms with Gasteiger partial charge in [-0.3, -0.25) is 9.59 Å². The molecule has 0 aromatic carbocycles. The van der Waals surface area contributed by atoms with Crippen molar-refractivity contribution in [3.63, 3.8) is 0 Å². The largest absolute Gasteiger partial charge is 0.431 e. The van der Waals surface area contributed by atoms with Crippen molar-refractivity contribution in [3.8, 4) is 0 Å². The fourth-order valence-corrected chi connectivity index (χ4v) is 2.51. The average molecular weight is 304 g/mol. The first-order valence-electron chi connectivity index (χ1n) is 6.55. The molecule has 21 heavy (non-hydrogen) atoms. The van der Waals surface area contributed by atoms with Gasteiger partial charge in [0.2, 0.25) is 0 Å². The number of carbonyl (C=O) groups excluding carboxylic acids is 1. The minimum Gasteiger partial charge on any atom is -0.396 e. The predicted molar refractivity (Wildman–Crippen MR) is 67.7 cm³/mol. The fourth-order valence-electron chi connectivity index (χ4n) is 2.51. The zero-order valence-corrected chi connectivity index (χ0v) is 11.0. The van der Waals surface area contributed by atoms with Crippen LogP contribution in [0.2, 0.25) is 0 Å². The maximum Gasteiger partial charge on any atom is 0.431 e. The van der Waals surface area contributed by atoms with Gasteiger partial charge in [0.05, 0.1) is 0 Å². The third-order valence-corrected chi connectivity index (χ3v) is 3.67. The van der Waals surface area contributed by atoms with E-state index < -0.39 is 23.3 Å². The quantitative estimate of drug-likeness (QED) is 0.787. The number of nitrogens with one attached hydrogen (secondary N) is 2. The molecule has 1 fully saturated rings. The molecule has 1 aliphatic carbocycles. The summed E-state index contributed by atoms with van der Waals surface area (Å²) in [5, 5.41) is 11.8. The molecule has 116 valence electrons. The van der Waals surface area contributed by atoms with Crippen LogP contribution in [-0.2, 0) is 6.18 Å². The van der Waals surface area contributed by atoms with Crippen LogP contribution in [0.1, 0.15) is 35.3 Å². The number of alkyl halides is 3. The molecular weight excluding hydrogens is 289 g/mol. The highest BCUT2D eigenvalue weighted by Gasteiger charge is 2.33. The summed E-state index contributed by atoms with van der Waals surface area (Å²) >= 11 is 0. The van der Waals surface area contributed by atoms with Crippen molar-refractivity contribution >= 4 is 5.91 Å². The maximum atomic E-state index is 12.4. The minimum atomic E-state index is -4.67. The van der Waals surface area contributed by atoms with Crippen LogP contribution in [0, 0.1) is 5.92 Å². The van der Waals surface area contributed by atoms with Crippen molar-refractivity contribution in [1.29, 1.82) is 0 Å². The summed E-state index contributed by atoms with van der Waals surface area (Å²) in [4.78, 5) is 25.2. The molecule has 1 aliphatic rings. The summed E-state index contributed by atoms with van der Waals surface area (Å²) in [7, 11) is 0. The van der Waals surface area contributed by atoms with E-state index in [4.69, 9.17) is 5.11 Å². The monoisotopic (exact) mass is 304 g/mol. The molecule has 0 aliphatic heterocycles. The Morgan fingerprint density at radius 1 is 1.38 bits per heavy atom. The van der Waals surface area contributed by atoms with Crippen LogP contribution < -0.4 is 10.9 Å². The molecule has 5 nitrogen and oxygen atoms in total. The summed E-state index contributed by atoms with van der Waals surface area (Å²) in [6.07, 6.45) is -2.37. The van der Waals surface area contributed by atoms with E-state index in [-0.39, 0.29) is 24.1 Å². The van der Waals surface area contributed by atoms with Gasteiger partial charge in [0.1, 0.15) is 11.3 Å². The third kappa shape index (κ3) is 3.44. The molecule has 3 N–H and O–H groups in total. The van der Waals surface area contributed by atoms with Crippen LogP contribution in [0.5, 0.6) is 0 Å². The number of aliphatic hydroxyl groups excluding tert-OH is 1. The molecule has 0 saturated heterocycles. The van der Waals surface area contributed by atoms with Gasteiger partial charge in [0.25, 0.3) is 11.5 Å². The van der Waals surface area contributed by atoms with Crippen molar-refractivity contribution in [2.45, 2.75) is 31.5 Å². The number of hydrogen-bond acceptors (Lipinski definition) is 3. The van der Waals surface area contributed by atoms with Gasteiger partial charge in [-0.05, 0) is 25.0 Å². The van der Waals surface area contributed by atoms with Crippen LogP contribution in [0.4, 0.5) is 13.2 Å². The lowest BCUT2D eigenvalue weighted by Gasteiger charge is -2.18. The first-order valence-corrected chi connectivity index (χ1v) is 6.55. The highest BCUT2D eigenvalue weighted by molar-refractivity contribution is 5.94. The fraction of sp³-hybridized carbons (Fsp3) is 0.538. The molecule has 2 unspecified atom stereocenters. The van der Waals surface area contributed by atoms with Gasteiger partial charge in [0.15, 0.2) is 0 Å². The van der Waals surface area contributed by atoms with E-state index in [0.717, 1.165) is 18.9 Å². The molecular formula is C13H15F3N2O3. The van der Waals surface area contributed by atoms with E-state index in [1.807, 2.05) is 0 Å². The van der Waals surface area contributed by atoms with Gasteiger partial charge in [-0.25, -0.2) is 0 Å². The van der Waals surface area contributed by atoms with Crippen molar-refractivity contribution in [3.05, 3.63) is 33.7 Å². The van der Waals surface area contributed by atoms with Crippen molar-refractivity contribution in [1.82, 2.24) is 10.3 Å². The molecule has 2 atom stereocenters. The first-order chi connectivity index (χ1) is 9.82. The molecule has 8 heteroatoms. The number of hydrogen-bond donors (Lipinski definition) is 3. The molecule has 1 saturated carbocycles. The number of aromatic nitrogens is 1. The Labute approximate surface area is 118 Å². The van der Waals surface area contributed by atoms with E-state index in [0.29, 0.717) is 12.5 Å². The summed E-state index contributed by atoms with van der Waals surface area (Å²) in [6.45, 7) is -0.0751. The van der Waals surface area contributed by atoms with Crippen LogP contribution in [0.25, 0.3) is 0 Å².